The van der Waals surface area contributed by atoms with Crippen LogP contribution in [0.15, 0.2) is 41.9 Å². The molecule has 0 saturated carbocycles. The first-order valence-electron chi connectivity index (χ1n) is 7.83. The molecule has 0 aliphatic heterocycles. The molecule has 5 nitrogen and oxygen atoms in total. The lowest BCUT2D eigenvalue weighted by Gasteiger charge is -2.03. The molecule has 0 aliphatic carbocycles. The molecular weight excluding hydrogens is 352 g/mol. The first-order chi connectivity index (χ1) is 12.1. The third kappa shape index (κ3) is 3.20. The number of rotatable bonds is 4. The summed E-state index contributed by atoms with van der Waals surface area (Å²) in [5.41, 5.74) is 3.37. The van der Waals surface area contributed by atoms with Gasteiger partial charge in [-0.2, -0.15) is 5.10 Å². The van der Waals surface area contributed by atoms with Crippen LogP contribution in [0.5, 0.6) is 0 Å². The number of benzene rings is 1. The molecule has 4 aromatic rings. The number of carbonyl (C=O) groups excluding carboxylic acids is 1. The van der Waals surface area contributed by atoms with Gasteiger partial charge in [0.1, 0.15) is 4.83 Å². The number of amides is 1. The number of hydrogen-bond acceptors (Lipinski definition) is 5. The van der Waals surface area contributed by atoms with Crippen molar-refractivity contribution in [3.8, 4) is 0 Å². The first kappa shape index (κ1) is 16.0. The molecule has 7 heteroatoms. The van der Waals surface area contributed by atoms with E-state index in [1.165, 1.54) is 33.8 Å². The van der Waals surface area contributed by atoms with E-state index in [1.54, 1.807) is 6.20 Å². The molecule has 0 aliphatic rings. The predicted octanol–water partition coefficient (Wildman–Crippen LogP) is 4.47. The number of fused-ring (bicyclic) bond motifs is 1. The van der Waals surface area contributed by atoms with Crippen LogP contribution in [-0.2, 0) is 6.54 Å². The smallest absolute Gasteiger partial charge is 0.267 e. The molecule has 0 fully saturated rings. The van der Waals surface area contributed by atoms with Gasteiger partial charge in [-0.25, -0.2) is 4.98 Å². The molecule has 1 N–H and O–H groups in total. The number of carbonyl (C=O) groups is 1. The van der Waals surface area contributed by atoms with Crippen molar-refractivity contribution in [3.05, 3.63) is 63.6 Å². The minimum absolute atomic E-state index is 0.127. The number of thiophene rings is 1. The summed E-state index contributed by atoms with van der Waals surface area (Å²) in [4.78, 5) is 18.2. The topological polar surface area (TPSA) is 59.8 Å². The Morgan fingerprint density at radius 1 is 1.24 bits per heavy atom. The number of hydrogen-bond donors (Lipinski definition) is 1. The van der Waals surface area contributed by atoms with E-state index < -0.39 is 0 Å². The molecule has 3 aromatic heterocycles. The highest BCUT2D eigenvalue weighted by molar-refractivity contribution is 7.20. The SMILES string of the molecule is Cc1ccc(Cn2nc(C)c3cc(C(=O)Nc4nccs4)sc32)cc1. The van der Waals surface area contributed by atoms with Crippen molar-refractivity contribution in [1.29, 1.82) is 0 Å². The lowest BCUT2D eigenvalue weighted by molar-refractivity contribution is 0.103. The largest absolute Gasteiger partial charge is 0.297 e. The van der Waals surface area contributed by atoms with Crippen molar-refractivity contribution >= 4 is 43.9 Å². The van der Waals surface area contributed by atoms with E-state index >= 15 is 0 Å². The van der Waals surface area contributed by atoms with Crippen LogP contribution in [0.25, 0.3) is 10.2 Å². The summed E-state index contributed by atoms with van der Waals surface area (Å²) in [5, 5.41) is 10.9. The van der Waals surface area contributed by atoms with Gasteiger partial charge in [0, 0.05) is 17.0 Å². The fraction of sp³-hybridized carbons (Fsp3) is 0.167. The van der Waals surface area contributed by atoms with E-state index in [9.17, 15) is 4.79 Å². The van der Waals surface area contributed by atoms with E-state index in [2.05, 4.69) is 46.6 Å². The van der Waals surface area contributed by atoms with E-state index in [0.717, 1.165) is 15.9 Å². The number of aryl methyl sites for hydroxylation is 2. The van der Waals surface area contributed by atoms with Crippen molar-refractivity contribution in [2.24, 2.45) is 0 Å². The minimum atomic E-state index is -0.127. The summed E-state index contributed by atoms with van der Waals surface area (Å²) in [7, 11) is 0. The fourth-order valence-corrected chi connectivity index (χ4v) is 4.22. The van der Waals surface area contributed by atoms with Gasteiger partial charge in [-0.15, -0.1) is 22.7 Å². The van der Waals surface area contributed by atoms with Crippen molar-refractivity contribution in [3.63, 3.8) is 0 Å². The molecular formula is C18H16N4OS2. The Morgan fingerprint density at radius 3 is 2.76 bits per heavy atom. The van der Waals surface area contributed by atoms with E-state index in [-0.39, 0.29) is 5.91 Å². The summed E-state index contributed by atoms with van der Waals surface area (Å²) in [5.74, 6) is -0.127. The predicted molar refractivity (Wildman–Crippen MR) is 103 cm³/mol. The lowest BCUT2D eigenvalue weighted by atomic mass is 10.1. The Bertz CT molecular complexity index is 1030. The average Bonchev–Trinajstić information content (AvgIpc) is 3.29. The van der Waals surface area contributed by atoms with Crippen molar-refractivity contribution in [2.45, 2.75) is 20.4 Å². The molecule has 1 aromatic carbocycles. The monoisotopic (exact) mass is 368 g/mol. The van der Waals surface area contributed by atoms with Crippen molar-refractivity contribution < 1.29 is 4.79 Å². The Hall–Kier alpha value is -2.51. The van der Waals surface area contributed by atoms with Gasteiger partial charge < -0.3 is 0 Å². The van der Waals surface area contributed by atoms with Gasteiger partial charge in [-0.3, -0.25) is 14.8 Å². The quantitative estimate of drug-likeness (QED) is 0.578. The van der Waals surface area contributed by atoms with E-state index in [0.29, 0.717) is 16.6 Å². The van der Waals surface area contributed by atoms with Gasteiger partial charge >= 0.3 is 0 Å². The minimum Gasteiger partial charge on any atom is -0.297 e. The molecule has 3 heterocycles. The van der Waals surface area contributed by atoms with Gasteiger partial charge in [-0.05, 0) is 25.5 Å². The van der Waals surface area contributed by atoms with Crippen LogP contribution in [0.4, 0.5) is 5.13 Å². The van der Waals surface area contributed by atoms with Gasteiger partial charge in [0.15, 0.2) is 5.13 Å². The maximum atomic E-state index is 12.4. The van der Waals surface area contributed by atoms with Crippen LogP contribution < -0.4 is 5.32 Å². The maximum Gasteiger partial charge on any atom is 0.267 e. The number of anilines is 1. The van der Waals surface area contributed by atoms with Crippen LogP contribution in [0.2, 0.25) is 0 Å². The molecule has 1 amide bonds. The second kappa shape index (κ2) is 6.42. The second-order valence-corrected chi connectivity index (χ2v) is 7.77. The zero-order valence-corrected chi connectivity index (χ0v) is 15.4. The molecule has 25 heavy (non-hydrogen) atoms. The second-order valence-electron chi connectivity index (χ2n) is 5.85. The molecule has 4 rings (SSSR count). The normalized spacial score (nSPS) is 11.1. The maximum absolute atomic E-state index is 12.4. The first-order valence-corrected chi connectivity index (χ1v) is 9.53. The molecule has 0 unspecified atom stereocenters. The molecule has 0 saturated heterocycles. The number of thiazole rings is 1. The highest BCUT2D eigenvalue weighted by Crippen LogP contribution is 2.29. The molecule has 0 atom stereocenters. The van der Waals surface area contributed by atoms with Crippen LogP contribution in [0.3, 0.4) is 0 Å². The summed E-state index contributed by atoms with van der Waals surface area (Å²) >= 11 is 2.87. The Kier molecular flexibility index (Phi) is 4.10. The Morgan fingerprint density at radius 2 is 2.04 bits per heavy atom. The Balaban J connectivity index is 1.64. The molecule has 126 valence electrons. The van der Waals surface area contributed by atoms with E-state index in [1.807, 2.05) is 23.1 Å². The van der Waals surface area contributed by atoms with Crippen molar-refractivity contribution in [2.75, 3.05) is 5.32 Å². The zero-order valence-electron chi connectivity index (χ0n) is 13.8. The van der Waals surface area contributed by atoms with Crippen LogP contribution >= 0.6 is 22.7 Å². The molecule has 0 bridgehead atoms. The highest BCUT2D eigenvalue weighted by atomic mass is 32.1. The van der Waals surface area contributed by atoms with E-state index in [4.69, 9.17) is 0 Å². The van der Waals surface area contributed by atoms with Crippen LogP contribution in [0, 0.1) is 13.8 Å². The molecule has 0 spiro atoms. The third-order valence-corrected chi connectivity index (χ3v) is 5.77. The number of aromatic nitrogens is 3. The highest BCUT2D eigenvalue weighted by Gasteiger charge is 2.17. The lowest BCUT2D eigenvalue weighted by Crippen LogP contribution is -2.09. The molecule has 0 radical (unpaired) electrons. The summed E-state index contributed by atoms with van der Waals surface area (Å²) in [6.07, 6.45) is 1.68. The van der Waals surface area contributed by atoms with Crippen LogP contribution in [0.1, 0.15) is 26.5 Å². The van der Waals surface area contributed by atoms with Gasteiger partial charge in [-0.1, -0.05) is 29.8 Å². The Labute approximate surface area is 153 Å². The summed E-state index contributed by atoms with van der Waals surface area (Å²) in [6, 6.07) is 10.3. The third-order valence-electron chi connectivity index (χ3n) is 3.94. The summed E-state index contributed by atoms with van der Waals surface area (Å²) < 4.78 is 1.97. The fourth-order valence-electron chi connectivity index (χ4n) is 2.64. The van der Waals surface area contributed by atoms with Crippen molar-refractivity contribution in [1.82, 2.24) is 14.8 Å². The number of nitrogens with one attached hydrogen (secondary N) is 1. The zero-order chi connectivity index (χ0) is 17.4. The van der Waals surface area contributed by atoms with Gasteiger partial charge in [0.25, 0.3) is 5.91 Å². The van der Waals surface area contributed by atoms with Gasteiger partial charge in [0.2, 0.25) is 0 Å². The summed E-state index contributed by atoms with van der Waals surface area (Å²) in [6.45, 7) is 4.74. The van der Waals surface area contributed by atoms with Gasteiger partial charge in [0.05, 0.1) is 17.1 Å². The standard InChI is InChI=1S/C18H16N4OS2/c1-11-3-5-13(6-4-11)10-22-17-14(12(2)21-22)9-15(25-17)16(23)20-18-19-7-8-24-18/h3-9H,10H2,1-2H3,(H,19,20,23). The number of nitrogens with zero attached hydrogens (tertiary/aromatic N) is 3. The average molecular weight is 368 g/mol. The van der Waals surface area contributed by atoms with Crippen LogP contribution in [-0.4, -0.2) is 20.7 Å².